The summed E-state index contributed by atoms with van der Waals surface area (Å²) in [5, 5.41) is 2.20. The van der Waals surface area contributed by atoms with Gasteiger partial charge in [-0.05, 0) is 42.5 Å². The molecule has 0 spiro atoms. The molecular weight excluding hydrogens is 379 g/mol. The number of rotatable bonds is 2. The van der Waals surface area contributed by atoms with Crippen LogP contribution in [0.4, 0.5) is 0 Å². The zero-order valence-corrected chi connectivity index (χ0v) is 15.5. The summed E-state index contributed by atoms with van der Waals surface area (Å²) in [4.78, 5) is 17.9. The molecule has 0 aliphatic rings. The Balaban J connectivity index is 1.94. The van der Waals surface area contributed by atoms with Crippen molar-refractivity contribution in [3.05, 3.63) is 94.1 Å². The summed E-state index contributed by atoms with van der Waals surface area (Å²) in [5.41, 5.74) is 4.24. The predicted octanol–water partition coefficient (Wildman–Crippen LogP) is 6.18. The van der Waals surface area contributed by atoms with E-state index < -0.39 is 0 Å². The van der Waals surface area contributed by atoms with Crippen molar-refractivity contribution in [1.29, 1.82) is 0 Å². The summed E-state index contributed by atoms with van der Waals surface area (Å²) in [7, 11) is 0. The number of nitrogens with zero attached hydrogens (tertiary/aromatic N) is 2. The summed E-state index contributed by atoms with van der Waals surface area (Å²) in [5.74, 6) is -0.119. The normalized spacial score (nSPS) is 11.5. The highest BCUT2D eigenvalue weighted by Crippen LogP contribution is 2.30. The Bertz CT molecular complexity index is 1360. The third-order valence-corrected chi connectivity index (χ3v) is 5.14. The van der Waals surface area contributed by atoms with Crippen LogP contribution < -0.4 is 0 Å². The fourth-order valence-corrected chi connectivity index (χ4v) is 3.81. The Labute approximate surface area is 164 Å². The molecule has 130 valence electrons. The number of carbonyl (C=O) groups is 1. The molecule has 3 nitrogen and oxygen atoms in total. The molecule has 0 saturated carbocycles. The molecule has 0 bridgehead atoms. The van der Waals surface area contributed by atoms with Gasteiger partial charge in [0.1, 0.15) is 5.69 Å². The Hall–Kier alpha value is -2.88. The molecule has 0 N–H and O–H groups in total. The Morgan fingerprint density at radius 3 is 2.33 bits per heavy atom. The van der Waals surface area contributed by atoms with Gasteiger partial charge in [-0.3, -0.25) is 4.79 Å². The van der Waals surface area contributed by atoms with E-state index in [4.69, 9.17) is 23.2 Å². The van der Waals surface area contributed by atoms with Crippen LogP contribution in [-0.2, 0) is 0 Å². The summed E-state index contributed by atoms with van der Waals surface area (Å²) in [6, 6.07) is 22.3. The average molecular weight is 391 g/mol. The predicted molar refractivity (Wildman–Crippen MR) is 110 cm³/mol. The summed E-state index contributed by atoms with van der Waals surface area (Å²) in [6.07, 6.45) is 0. The van der Waals surface area contributed by atoms with Gasteiger partial charge in [-0.1, -0.05) is 53.5 Å². The zero-order valence-electron chi connectivity index (χ0n) is 14.0. The van der Waals surface area contributed by atoms with Gasteiger partial charge >= 0.3 is 0 Å². The highest BCUT2D eigenvalue weighted by Gasteiger charge is 2.19. The lowest BCUT2D eigenvalue weighted by atomic mass is 10.1. The average Bonchev–Trinajstić information content (AvgIpc) is 3.06. The van der Waals surface area contributed by atoms with Crippen molar-refractivity contribution in [2.24, 2.45) is 0 Å². The standard InChI is InChI=1S/C22H12Cl2N2O/c23-15-7-9-18-14(10-15)11-20-21(22(27)13-4-2-1-3-5-13)25-17-8-6-16(24)12-19(17)26(18)20/h1-12H. The van der Waals surface area contributed by atoms with Crippen LogP contribution in [0.5, 0.6) is 0 Å². The van der Waals surface area contributed by atoms with Crippen molar-refractivity contribution >= 4 is 56.4 Å². The maximum atomic E-state index is 13.2. The van der Waals surface area contributed by atoms with E-state index in [1.165, 1.54) is 0 Å². The Morgan fingerprint density at radius 1 is 0.778 bits per heavy atom. The monoisotopic (exact) mass is 390 g/mol. The first kappa shape index (κ1) is 16.3. The van der Waals surface area contributed by atoms with Crippen molar-refractivity contribution < 1.29 is 4.79 Å². The summed E-state index contributed by atoms with van der Waals surface area (Å²) in [6.45, 7) is 0. The minimum absolute atomic E-state index is 0.119. The topological polar surface area (TPSA) is 34.4 Å². The van der Waals surface area contributed by atoms with Crippen molar-refractivity contribution in [3.63, 3.8) is 0 Å². The molecule has 27 heavy (non-hydrogen) atoms. The Morgan fingerprint density at radius 2 is 1.52 bits per heavy atom. The van der Waals surface area contributed by atoms with E-state index in [9.17, 15) is 4.79 Å². The first-order valence-electron chi connectivity index (χ1n) is 8.41. The van der Waals surface area contributed by atoms with Crippen molar-refractivity contribution in [2.45, 2.75) is 0 Å². The second kappa shape index (κ2) is 6.08. The smallest absolute Gasteiger partial charge is 0.213 e. The third-order valence-electron chi connectivity index (χ3n) is 4.67. The number of carbonyl (C=O) groups excluding carboxylic acids is 1. The molecular formula is C22H12Cl2N2O. The van der Waals surface area contributed by atoms with E-state index in [1.54, 1.807) is 18.2 Å². The number of benzene rings is 3. The third kappa shape index (κ3) is 2.59. The quantitative estimate of drug-likeness (QED) is 0.337. The molecule has 0 unspecified atom stereocenters. The maximum Gasteiger partial charge on any atom is 0.213 e. The second-order valence-corrected chi connectivity index (χ2v) is 7.23. The lowest BCUT2D eigenvalue weighted by Crippen LogP contribution is -2.07. The SMILES string of the molecule is O=C(c1ccccc1)c1nc2ccc(Cl)cc2n2c1cc1cc(Cl)ccc12. The van der Waals surface area contributed by atoms with Gasteiger partial charge in [0.25, 0.3) is 0 Å². The first-order chi connectivity index (χ1) is 13.1. The molecule has 0 atom stereocenters. The van der Waals surface area contributed by atoms with Gasteiger partial charge in [-0.25, -0.2) is 4.98 Å². The molecule has 3 aromatic carbocycles. The van der Waals surface area contributed by atoms with Gasteiger partial charge in [-0.2, -0.15) is 0 Å². The van der Waals surface area contributed by atoms with Gasteiger partial charge in [0.2, 0.25) is 5.78 Å². The summed E-state index contributed by atoms with van der Waals surface area (Å²) < 4.78 is 2.02. The van der Waals surface area contributed by atoms with E-state index >= 15 is 0 Å². The van der Waals surface area contributed by atoms with Crippen molar-refractivity contribution in [3.8, 4) is 0 Å². The van der Waals surface area contributed by atoms with Gasteiger partial charge < -0.3 is 4.40 Å². The second-order valence-electron chi connectivity index (χ2n) is 6.36. The van der Waals surface area contributed by atoms with Crippen LogP contribution in [-0.4, -0.2) is 15.2 Å². The number of fused-ring (bicyclic) bond motifs is 5. The number of hydrogen-bond donors (Lipinski definition) is 0. The van der Waals surface area contributed by atoms with Crippen LogP contribution in [0, 0.1) is 0 Å². The minimum atomic E-state index is -0.119. The molecule has 5 rings (SSSR count). The van der Waals surface area contributed by atoms with E-state index in [2.05, 4.69) is 4.98 Å². The van der Waals surface area contributed by atoms with Gasteiger partial charge in [0.15, 0.2) is 0 Å². The van der Waals surface area contributed by atoms with Gasteiger partial charge in [0.05, 0.1) is 22.1 Å². The van der Waals surface area contributed by atoms with Crippen LogP contribution in [0.2, 0.25) is 10.0 Å². The molecule has 0 fully saturated rings. The summed E-state index contributed by atoms with van der Waals surface area (Å²) >= 11 is 12.4. The lowest BCUT2D eigenvalue weighted by Gasteiger charge is -2.09. The van der Waals surface area contributed by atoms with E-state index in [1.807, 2.05) is 59.0 Å². The van der Waals surface area contributed by atoms with Crippen LogP contribution in [0.3, 0.4) is 0 Å². The highest BCUT2D eigenvalue weighted by molar-refractivity contribution is 6.32. The molecule has 0 saturated heterocycles. The van der Waals surface area contributed by atoms with E-state index in [0.29, 0.717) is 26.8 Å². The number of ketones is 1. The largest absolute Gasteiger partial charge is 0.305 e. The van der Waals surface area contributed by atoms with Crippen LogP contribution in [0.1, 0.15) is 16.1 Å². The van der Waals surface area contributed by atoms with Crippen LogP contribution >= 0.6 is 23.2 Å². The lowest BCUT2D eigenvalue weighted by molar-refractivity contribution is 0.103. The van der Waals surface area contributed by atoms with Crippen molar-refractivity contribution in [2.75, 3.05) is 0 Å². The first-order valence-corrected chi connectivity index (χ1v) is 9.17. The fourth-order valence-electron chi connectivity index (χ4n) is 3.46. The molecule has 0 amide bonds. The number of aromatic nitrogens is 2. The van der Waals surface area contributed by atoms with Crippen LogP contribution in [0.25, 0.3) is 27.5 Å². The molecule has 0 aliphatic heterocycles. The van der Waals surface area contributed by atoms with E-state index in [0.717, 1.165) is 21.9 Å². The Kier molecular flexibility index (Phi) is 3.67. The highest BCUT2D eigenvalue weighted by atomic mass is 35.5. The number of hydrogen-bond acceptors (Lipinski definition) is 2. The molecule has 5 aromatic rings. The molecule has 0 aliphatic carbocycles. The van der Waals surface area contributed by atoms with Gasteiger partial charge in [-0.15, -0.1) is 0 Å². The number of halogens is 2. The van der Waals surface area contributed by atoms with E-state index in [-0.39, 0.29) is 5.78 Å². The van der Waals surface area contributed by atoms with Crippen LogP contribution in [0.15, 0.2) is 72.8 Å². The fraction of sp³-hybridized carbons (Fsp3) is 0. The van der Waals surface area contributed by atoms with Gasteiger partial charge in [0, 0.05) is 21.0 Å². The molecule has 2 aromatic heterocycles. The maximum absolute atomic E-state index is 13.2. The molecule has 2 heterocycles. The minimum Gasteiger partial charge on any atom is -0.305 e. The molecule has 0 radical (unpaired) electrons. The molecule has 5 heteroatoms. The zero-order chi connectivity index (χ0) is 18.5. The van der Waals surface area contributed by atoms with Crippen molar-refractivity contribution in [1.82, 2.24) is 9.38 Å².